The summed E-state index contributed by atoms with van der Waals surface area (Å²) in [5, 5.41) is 7.23. The fourth-order valence-electron chi connectivity index (χ4n) is 2.95. The van der Waals surface area contributed by atoms with E-state index in [1.807, 2.05) is 0 Å². The Morgan fingerprint density at radius 2 is 2.07 bits per heavy atom. The van der Waals surface area contributed by atoms with Gasteiger partial charge in [0, 0.05) is 18.4 Å². The molecule has 1 aliphatic carbocycles. The number of halogens is 3. The maximum Gasteiger partial charge on any atom is 0.433 e. The van der Waals surface area contributed by atoms with Crippen molar-refractivity contribution < 1.29 is 22.7 Å². The van der Waals surface area contributed by atoms with Crippen molar-refractivity contribution in [3.63, 3.8) is 0 Å². The largest absolute Gasteiger partial charge is 0.444 e. The molecule has 2 aromatic heterocycles. The third-order valence-electron chi connectivity index (χ3n) is 4.09. The highest BCUT2D eigenvalue weighted by atomic mass is 19.4. The number of rotatable bonds is 2. The van der Waals surface area contributed by atoms with Crippen molar-refractivity contribution in [1.29, 1.82) is 0 Å². The van der Waals surface area contributed by atoms with Gasteiger partial charge in [-0.1, -0.05) is 0 Å². The molecular formula is C18H21F3N4O2. The van der Waals surface area contributed by atoms with Gasteiger partial charge in [-0.2, -0.15) is 18.3 Å². The number of nitrogens with one attached hydrogen (secondary N) is 1. The van der Waals surface area contributed by atoms with Crippen LogP contribution in [0.5, 0.6) is 0 Å². The smallest absolute Gasteiger partial charge is 0.433 e. The van der Waals surface area contributed by atoms with E-state index in [0.717, 1.165) is 23.5 Å². The standard InChI is InChI=1S/C18H21F3N4O2/c1-17(2,3)27-16(26)23-12-4-5-14-11(8-12)10-25(24-14)13-6-7-22-15(9-13)18(19,20)21/h6-7,9-10,12H,4-5,8H2,1-3H3,(H,23,26)/t12-/m1/s1. The molecule has 0 saturated carbocycles. The van der Waals surface area contributed by atoms with Crippen LogP contribution in [-0.4, -0.2) is 32.5 Å². The summed E-state index contributed by atoms with van der Waals surface area (Å²) in [6.45, 7) is 5.37. The van der Waals surface area contributed by atoms with E-state index in [1.165, 1.54) is 10.7 Å². The number of carbonyl (C=O) groups is 1. The average molecular weight is 382 g/mol. The zero-order chi connectivity index (χ0) is 19.8. The lowest BCUT2D eigenvalue weighted by Crippen LogP contribution is -2.41. The lowest BCUT2D eigenvalue weighted by molar-refractivity contribution is -0.141. The van der Waals surface area contributed by atoms with Crippen LogP contribution in [0, 0.1) is 0 Å². The number of alkyl carbamates (subject to hydrolysis) is 1. The number of alkyl halides is 3. The molecule has 0 saturated heterocycles. The number of hydrogen-bond acceptors (Lipinski definition) is 4. The van der Waals surface area contributed by atoms with E-state index in [2.05, 4.69) is 15.4 Å². The maximum absolute atomic E-state index is 12.9. The van der Waals surface area contributed by atoms with E-state index >= 15 is 0 Å². The second kappa shape index (κ2) is 6.86. The molecule has 0 aliphatic heterocycles. The highest BCUT2D eigenvalue weighted by molar-refractivity contribution is 5.68. The Bertz CT molecular complexity index is 840. The van der Waals surface area contributed by atoms with Crippen LogP contribution in [-0.2, 0) is 23.8 Å². The van der Waals surface area contributed by atoms with Gasteiger partial charge in [-0.3, -0.25) is 4.98 Å². The molecule has 2 aromatic rings. The van der Waals surface area contributed by atoms with Gasteiger partial charge in [0.1, 0.15) is 11.3 Å². The summed E-state index contributed by atoms with van der Waals surface area (Å²) in [6, 6.07) is 2.34. The second-order valence-electron chi connectivity index (χ2n) is 7.53. The van der Waals surface area contributed by atoms with Crippen LogP contribution >= 0.6 is 0 Å². The highest BCUT2D eigenvalue weighted by Crippen LogP contribution is 2.29. The topological polar surface area (TPSA) is 69.0 Å². The van der Waals surface area contributed by atoms with Gasteiger partial charge >= 0.3 is 12.3 Å². The van der Waals surface area contributed by atoms with Crippen molar-refractivity contribution in [1.82, 2.24) is 20.1 Å². The summed E-state index contributed by atoms with van der Waals surface area (Å²) in [6.07, 6.45) is -0.309. The minimum absolute atomic E-state index is 0.104. The van der Waals surface area contributed by atoms with Crippen LogP contribution in [0.15, 0.2) is 24.5 Å². The fraction of sp³-hybridized carbons (Fsp3) is 0.500. The van der Waals surface area contributed by atoms with Crippen molar-refractivity contribution in [3.8, 4) is 5.69 Å². The third-order valence-corrected chi connectivity index (χ3v) is 4.09. The van der Waals surface area contributed by atoms with Crippen LogP contribution in [0.3, 0.4) is 0 Å². The first-order valence-electron chi connectivity index (χ1n) is 8.62. The molecule has 0 spiro atoms. The summed E-state index contributed by atoms with van der Waals surface area (Å²) in [4.78, 5) is 15.3. The zero-order valence-electron chi connectivity index (χ0n) is 15.3. The molecule has 1 amide bonds. The van der Waals surface area contributed by atoms with Gasteiger partial charge in [-0.15, -0.1) is 0 Å². The first-order chi connectivity index (χ1) is 12.5. The van der Waals surface area contributed by atoms with Gasteiger partial charge in [0.05, 0.1) is 11.4 Å². The monoisotopic (exact) mass is 382 g/mol. The number of aromatic nitrogens is 3. The molecule has 6 nitrogen and oxygen atoms in total. The number of pyridine rings is 1. The predicted molar refractivity (Wildman–Crippen MR) is 91.5 cm³/mol. The van der Waals surface area contributed by atoms with E-state index in [1.54, 1.807) is 27.0 Å². The molecule has 1 N–H and O–H groups in total. The van der Waals surface area contributed by atoms with Crippen LogP contribution in [0.2, 0.25) is 0 Å². The quantitative estimate of drug-likeness (QED) is 0.861. The molecule has 3 rings (SSSR count). The first-order valence-corrected chi connectivity index (χ1v) is 8.62. The molecular weight excluding hydrogens is 361 g/mol. The number of nitrogens with zero attached hydrogens (tertiary/aromatic N) is 3. The Morgan fingerprint density at radius 1 is 1.33 bits per heavy atom. The van der Waals surface area contributed by atoms with Gasteiger partial charge in [0.25, 0.3) is 0 Å². The molecule has 9 heteroatoms. The molecule has 0 aromatic carbocycles. The molecule has 0 fully saturated rings. The minimum Gasteiger partial charge on any atom is -0.444 e. The number of carbonyl (C=O) groups excluding carboxylic acids is 1. The zero-order valence-corrected chi connectivity index (χ0v) is 15.3. The van der Waals surface area contributed by atoms with Crippen LogP contribution in [0.4, 0.5) is 18.0 Å². The highest BCUT2D eigenvalue weighted by Gasteiger charge is 2.33. The van der Waals surface area contributed by atoms with Crippen molar-refractivity contribution >= 4 is 6.09 Å². The predicted octanol–water partition coefficient (Wildman–Crippen LogP) is 3.67. The van der Waals surface area contributed by atoms with Gasteiger partial charge in [0.15, 0.2) is 0 Å². The third kappa shape index (κ3) is 4.78. The van der Waals surface area contributed by atoms with Crippen LogP contribution in [0.1, 0.15) is 44.1 Å². The van der Waals surface area contributed by atoms with E-state index in [0.29, 0.717) is 24.9 Å². The molecule has 146 valence electrons. The lowest BCUT2D eigenvalue weighted by atomic mass is 9.94. The Kier molecular flexibility index (Phi) is 4.88. The Balaban J connectivity index is 1.73. The summed E-state index contributed by atoms with van der Waals surface area (Å²) < 4.78 is 45.3. The Hall–Kier alpha value is -2.58. The minimum atomic E-state index is -4.51. The van der Waals surface area contributed by atoms with E-state index < -0.39 is 23.6 Å². The molecule has 1 atom stereocenters. The summed E-state index contributed by atoms with van der Waals surface area (Å²) >= 11 is 0. The maximum atomic E-state index is 12.9. The van der Waals surface area contributed by atoms with Gasteiger partial charge in [-0.05, 0) is 57.7 Å². The summed E-state index contributed by atoms with van der Waals surface area (Å²) in [5.74, 6) is 0. The van der Waals surface area contributed by atoms with E-state index in [-0.39, 0.29) is 6.04 Å². The molecule has 0 unspecified atom stereocenters. The number of fused-ring (bicyclic) bond motifs is 1. The molecule has 1 aliphatic rings. The second-order valence-corrected chi connectivity index (χ2v) is 7.53. The van der Waals surface area contributed by atoms with Crippen LogP contribution in [0.25, 0.3) is 5.69 Å². The van der Waals surface area contributed by atoms with Crippen molar-refractivity contribution in [2.24, 2.45) is 0 Å². The normalized spacial score (nSPS) is 17.3. The van der Waals surface area contributed by atoms with E-state index in [4.69, 9.17) is 4.74 Å². The van der Waals surface area contributed by atoms with Gasteiger partial charge in [-0.25, -0.2) is 9.48 Å². The van der Waals surface area contributed by atoms with Gasteiger partial charge in [0.2, 0.25) is 0 Å². The Labute approximate surface area is 154 Å². The van der Waals surface area contributed by atoms with Crippen molar-refractivity contribution in [3.05, 3.63) is 41.5 Å². The van der Waals surface area contributed by atoms with Crippen molar-refractivity contribution in [2.45, 2.75) is 57.9 Å². The molecule has 0 radical (unpaired) electrons. The number of aryl methyl sites for hydroxylation is 1. The molecule has 27 heavy (non-hydrogen) atoms. The van der Waals surface area contributed by atoms with Crippen LogP contribution < -0.4 is 5.32 Å². The summed E-state index contributed by atoms with van der Waals surface area (Å²) in [5.41, 5.74) is 0.475. The number of amides is 1. The van der Waals surface area contributed by atoms with Crippen molar-refractivity contribution in [2.75, 3.05) is 0 Å². The van der Waals surface area contributed by atoms with E-state index in [9.17, 15) is 18.0 Å². The molecule has 0 bridgehead atoms. The number of ether oxygens (including phenoxy) is 1. The number of hydrogen-bond donors (Lipinski definition) is 1. The average Bonchev–Trinajstić information content (AvgIpc) is 2.95. The summed E-state index contributed by atoms with van der Waals surface area (Å²) in [7, 11) is 0. The lowest BCUT2D eigenvalue weighted by Gasteiger charge is -2.25. The SMILES string of the molecule is CC(C)(C)OC(=O)N[C@@H]1CCc2nn(-c3ccnc(C(F)(F)F)c3)cc2C1. The fourth-order valence-corrected chi connectivity index (χ4v) is 2.95. The Morgan fingerprint density at radius 3 is 2.74 bits per heavy atom. The molecule has 2 heterocycles. The first kappa shape index (κ1) is 19.2. The van der Waals surface area contributed by atoms with Gasteiger partial charge < -0.3 is 10.1 Å².